The quantitative estimate of drug-likeness (QED) is 0.782. The van der Waals surface area contributed by atoms with Crippen LogP contribution in [0, 0.1) is 6.92 Å². The van der Waals surface area contributed by atoms with Gasteiger partial charge in [0.1, 0.15) is 11.5 Å². The van der Waals surface area contributed by atoms with Crippen molar-refractivity contribution in [1.29, 1.82) is 0 Å². The van der Waals surface area contributed by atoms with Gasteiger partial charge in [-0.1, -0.05) is 18.2 Å². The number of para-hydroxylation sites is 1. The second-order valence-electron chi connectivity index (χ2n) is 4.00. The van der Waals surface area contributed by atoms with Gasteiger partial charge in [0, 0.05) is 11.9 Å². The summed E-state index contributed by atoms with van der Waals surface area (Å²) in [6, 6.07) is 10.3. The van der Waals surface area contributed by atoms with Gasteiger partial charge in [-0.15, -0.1) is 0 Å². The highest BCUT2D eigenvalue weighted by Gasteiger charge is 2.12. The van der Waals surface area contributed by atoms with Crippen LogP contribution in [0.25, 0.3) is 10.9 Å². The fourth-order valence-corrected chi connectivity index (χ4v) is 2.02. The Morgan fingerprint density at radius 1 is 1.25 bits per heavy atom. The van der Waals surface area contributed by atoms with E-state index in [0.29, 0.717) is 0 Å². The van der Waals surface area contributed by atoms with Crippen LogP contribution in [0.15, 0.2) is 35.3 Å². The smallest absolute Gasteiger partial charge is 0.147 e. The number of amidine groups is 1. The summed E-state index contributed by atoms with van der Waals surface area (Å²) in [7, 11) is 0. The Morgan fingerprint density at radius 3 is 2.94 bits per heavy atom. The minimum absolute atomic E-state index is 0.850. The Morgan fingerprint density at radius 2 is 2.12 bits per heavy atom. The third kappa shape index (κ3) is 1.45. The van der Waals surface area contributed by atoms with Crippen molar-refractivity contribution in [2.45, 2.75) is 6.92 Å². The van der Waals surface area contributed by atoms with Crippen LogP contribution in [0.1, 0.15) is 11.3 Å². The fraction of sp³-hybridized carbons (Fsp3) is 0.231. The summed E-state index contributed by atoms with van der Waals surface area (Å²) in [6.07, 6.45) is 0. The number of pyridine rings is 1. The Bertz CT molecular complexity index is 572. The highest BCUT2D eigenvalue weighted by Crippen LogP contribution is 2.16. The lowest BCUT2D eigenvalue weighted by Gasteiger charge is -2.07. The predicted molar refractivity (Wildman–Crippen MR) is 65.9 cm³/mol. The monoisotopic (exact) mass is 211 g/mol. The van der Waals surface area contributed by atoms with E-state index >= 15 is 0 Å². The molecule has 1 aromatic heterocycles. The minimum atomic E-state index is 0.850. The van der Waals surface area contributed by atoms with Crippen LogP contribution in [-0.2, 0) is 0 Å². The normalized spacial score (nSPS) is 14.9. The van der Waals surface area contributed by atoms with Crippen LogP contribution in [0.5, 0.6) is 0 Å². The number of nitrogens with one attached hydrogen (secondary N) is 1. The zero-order valence-corrected chi connectivity index (χ0v) is 9.20. The van der Waals surface area contributed by atoms with Crippen LogP contribution in [0.2, 0.25) is 0 Å². The van der Waals surface area contributed by atoms with Crippen molar-refractivity contribution in [1.82, 2.24) is 10.3 Å². The molecule has 1 aliphatic rings. The van der Waals surface area contributed by atoms with Crippen molar-refractivity contribution in [2.75, 3.05) is 13.1 Å². The average Bonchev–Trinajstić information content (AvgIpc) is 2.81. The molecule has 0 atom stereocenters. The summed E-state index contributed by atoms with van der Waals surface area (Å²) in [6.45, 7) is 3.85. The van der Waals surface area contributed by atoms with Gasteiger partial charge < -0.3 is 5.32 Å². The van der Waals surface area contributed by atoms with Gasteiger partial charge in [0.2, 0.25) is 0 Å². The molecule has 0 spiro atoms. The van der Waals surface area contributed by atoms with E-state index in [1.165, 1.54) is 10.9 Å². The van der Waals surface area contributed by atoms with Crippen LogP contribution in [0.3, 0.4) is 0 Å². The first-order valence-corrected chi connectivity index (χ1v) is 5.50. The third-order valence-electron chi connectivity index (χ3n) is 2.81. The summed E-state index contributed by atoms with van der Waals surface area (Å²) in [5, 5.41) is 4.45. The first-order valence-electron chi connectivity index (χ1n) is 5.50. The topological polar surface area (TPSA) is 37.3 Å². The number of hydrogen-bond acceptors (Lipinski definition) is 3. The highest BCUT2D eigenvalue weighted by atomic mass is 15.1. The molecule has 0 saturated carbocycles. The lowest BCUT2D eigenvalue weighted by Crippen LogP contribution is -2.21. The van der Waals surface area contributed by atoms with Gasteiger partial charge in [0.15, 0.2) is 0 Å². The van der Waals surface area contributed by atoms with Gasteiger partial charge in [-0.2, -0.15) is 0 Å². The summed E-state index contributed by atoms with van der Waals surface area (Å²) in [5.41, 5.74) is 3.18. The van der Waals surface area contributed by atoms with Crippen LogP contribution in [0.4, 0.5) is 0 Å². The molecule has 0 unspecified atom stereocenters. The largest absolute Gasteiger partial charge is 0.367 e. The summed E-state index contributed by atoms with van der Waals surface area (Å²) in [5.74, 6) is 0.934. The van der Waals surface area contributed by atoms with Crippen molar-refractivity contribution < 1.29 is 0 Å². The standard InChI is InChI=1S/C13H13N3/c1-9-8-10-4-2-3-5-11(10)16-12(9)13-14-6-7-15-13/h2-5,8H,6-7H2,1H3,(H,14,15). The first-order chi connectivity index (χ1) is 7.84. The maximum atomic E-state index is 4.66. The molecule has 80 valence electrons. The molecule has 0 aliphatic carbocycles. The zero-order valence-electron chi connectivity index (χ0n) is 9.20. The fourth-order valence-electron chi connectivity index (χ4n) is 2.02. The summed E-state index contributed by atoms with van der Waals surface area (Å²) < 4.78 is 0. The maximum absolute atomic E-state index is 4.66. The van der Waals surface area contributed by atoms with Crippen molar-refractivity contribution in [3.63, 3.8) is 0 Å². The van der Waals surface area contributed by atoms with Gasteiger partial charge in [-0.05, 0) is 24.6 Å². The van der Waals surface area contributed by atoms with Crippen molar-refractivity contribution >= 4 is 16.7 Å². The minimum Gasteiger partial charge on any atom is -0.367 e. The van der Waals surface area contributed by atoms with E-state index in [-0.39, 0.29) is 0 Å². The Balaban J connectivity index is 2.21. The van der Waals surface area contributed by atoms with Gasteiger partial charge in [0.05, 0.1) is 12.1 Å². The molecule has 16 heavy (non-hydrogen) atoms. The third-order valence-corrected chi connectivity index (χ3v) is 2.81. The molecule has 0 bridgehead atoms. The number of benzene rings is 1. The van der Waals surface area contributed by atoms with Crippen LogP contribution in [-0.4, -0.2) is 23.9 Å². The molecule has 0 amide bonds. The molecule has 1 N–H and O–H groups in total. The lowest BCUT2D eigenvalue weighted by atomic mass is 10.1. The van der Waals surface area contributed by atoms with Gasteiger partial charge in [-0.25, -0.2) is 4.98 Å². The van der Waals surface area contributed by atoms with Gasteiger partial charge in [0.25, 0.3) is 0 Å². The molecule has 1 aromatic carbocycles. The molecular formula is C13H13N3. The van der Waals surface area contributed by atoms with E-state index in [0.717, 1.165) is 30.1 Å². The van der Waals surface area contributed by atoms with E-state index in [1.807, 2.05) is 18.2 Å². The molecule has 0 fully saturated rings. The number of hydrogen-bond donors (Lipinski definition) is 1. The Labute approximate surface area is 94.2 Å². The molecule has 3 rings (SSSR count). The van der Waals surface area contributed by atoms with Crippen molar-refractivity contribution in [3.05, 3.63) is 41.6 Å². The molecule has 2 heterocycles. The Kier molecular flexibility index (Phi) is 2.10. The summed E-state index contributed by atoms with van der Waals surface area (Å²) >= 11 is 0. The molecule has 3 heteroatoms. The molecule has 0 saturated heterocycles. The van der Waals surface area contributed by atoms with E-state index in [9.17, 15) is 0 Å². The predicted octanol–water partition coefficient (Wildman–Crippen LogP) is 1.89. The summed E-state index contributed by atoms with van der Waals surface area (Å²) in [4.78, 5) is 9.08. The van der Waals surface area contributed by atoms with Crippen molar-refractivity contribution in [3.8, 4) is 0 Å². The second kappa shape index (κ2) is 3.59. The molecule has 2 aromatic rings. The van der Waals surface area contributed by atoms with Crippen LogP contribution >= 0.6 is 0 Å². The van der Waals surface area contributed by atoms with E-state index in [2.05, 4.69) is 34.3 Å². The van der Waals surface area contributed by atoms with E-state index < -0.39 is 0 Å². The molecule has 3 nitrogen and oxygen atoms in total. The number of aliphatic imine (C=N–C) groups is 1. The number of rotatable bonds is 1. The van der Waals surface area contributed by atoms with E-state index in [4.69, 9.17) is 0 Å². The van der Waals surface area contributed by atoms with Crippen LogP contribution < -0.4 is 5.32 Å². The zero-order chi connectivity index (χ0) is 11.0. The molecule has 0 radical (unpaired) electrons. The SMILES string of the molecule is Cc1cc2ccccc2nc1C1=NCCN1. The number of aromatic nitrogens is 1. The Hall–Kier alpha value is -1.90. The number of aryl methyl sites for hydroxylation is 1. The lowest BCUT2D eigenvalue weighted by molar-refractivity contribution is 0.958. The van der Waals surface area contributed by atoms with Gasteiger partial charge >= 0.3 is 0 Å². The second-order valence-corrected chi connectivity index (χ2v) is 4.00. The highest BCUT2D eigenvalue weighted by molar-refractivity contribution is 6.01. The van der Waals surface area contributed by atoms with Gasteiger partial charge in [-0.3, -0.25) is 4.99 Å². The van der Waals surface area contributed by atoms with E-state index in [1.54, 1.807) is 0 Å². The van der Waals surface area contributed by atoms with Crippen molar-refractivity contribution in [2.24, 2.45) is 4.99 Å². The average molecular weight is 211 g/mol. The number of nitrogens with zero attached hydrogens (tertiary/aromatic N) is 2. The first kappa shape index (κ1) is 9.33. The maximum Gasteiger partial charge on any atom is 0.147 e. The number of fused-ring (bicyclic) bond motifs is 1. The molecule has 1 aliphatic heterocycles. The molecular weight excluding hydrogens is 198 g/mol.